The van der Waals surface area contributed by atoms with Gasteiger partial charge in [0, 0.05) is 0 Å². The van der Waals surface area contributed by atoms with E-state index in [9.17, 15) is 0 Å². The summed E-state index contributed by atoms with van der Waals surface area (Å²) in [6.45, 7) is 5.99. The molecule has 107 valence electrons. The standard InChI is InChI=1S/C18H35/c1-3-5-7-9-11-13-15-17-18-16-14-12-10-8-6-4-2/h3,5H,1,4,6-18H2,2H3. The van der Waals surface area contributed by atoms with Crippen LogP contribution in [-0.2, 0) is 0 Å². The van der Waals surface area contributed by atoms with Gasteiger partial charge in [-0.3, -0.25) is 0 Å². The van der Waals surface area contributed by atoms with Gasteiger partial charge >= 0.3 is 0 Å². The zero-order valence-electron chi connectivity index (χ0n) is 12.8. The fourth-order valence-electron chi connectivity index (χ4n) is 2.40. The normalized spacial score (nSPS) is 11.4. The molecule has 0 aromatic carbocycles. The third-order valence-electron chi connectivity index (χ3n) is 3.64. The van der Waals surface area contributed by atoms with E-state index in [4.69, 9.17) is 0 Å². The van der Waals surface area contributed by atoms with Crippen LogP contribution in [0, 0.1) is 6.92 Å². The highest BCUT2D eigenvalue weighted by Crippen LogP contribution is 2.12. The Morgan fingerprint density at radius 3 is 1.39 bits per heavy atom. The smallest absolute Gasteiger partial charge is 0.0316 e. The third-order valence-corrected chi connectivity index (χ3v) is 3.64. The Hall–Kier alpha value is -0.260. The summed E-state index contributed by atoms with van der Waals surface area (Å²) in [7, 11) is 0. The van der Waals surface area contributed by atoms with Crippen molar-refractivity contribution in [3.05, 3.63) is 19.1 Å². The SMILES string of the molecule is [CH2]C=CCCCCCCCCCCCCCCC. The van der Waals surface area contributed by atoms with Crippen molar-refractivity contribution in [1.82, 2.24) is 0 Å². The van der Waals surface area contributed by atoms with Crippen LogP contribution in [0.2, 0.25) is 0 Å². The topological polar surface area (TPSA) is 0 Å². The zero-order chi connectivity index (χ0) is 13.3. The Labute approximate surface area is 116 Å². The molecule has 0 nitrogen and oxygen atoms in total. The highest BCUT2D eigenvalue weighted by atomic mass is 14.0. The number of unbranched alkanes of at least 4 members (excludes halogenated alkanes) is 13. The summed E-state index contributed by atoms with van der Waals surface area (Å²) in [4.78, 5) is 0. The van der Waals surface area contributed by atoms with E-state index in [0.29, 0.717) is 0 Å². The third kappa shape index (κ3) is 15.7. The van der Waals surface area contributed by atoms with Gasteiger partial charge in [-0.05, 0) is 19.8 Å². The maximum absolute atomic E-state index is 3.70. The second-order valence-corrected chi connectivity index (χ2v) is 5.50. The Bertz CT molecular complexity index is 157. The van der Waals surface area contributed by atoms with Gasteiger partial charge in [-0.1, -0.05) is 96.1 Å². The van der Waals surface area contributed by atoms with Crippen molar-refractivity contribution in [3.63, 3.8) is 0 Å². The molecule has 0 unspecified atom stereocenters. The van der Waals surface area contributed by atoms with Gasteiger partial charge in [0.25, 0.3) is 0 Å². The fraction of sp³-hybridized carbons (Fsp3) is 0.833. The lowest BCUT2D eigenvalue weighted by atomic mass is 10.0. The van der Waals surface area contributed by atoms with Crippen molar-refractivity contribution in [2.24, 2.45) is 0 Å². The van der Waals surface area contributed by atoms with Crippen molar-refractivity contribution in [2.75, 3.05) is 0 Å². The molecule has 0 saturated carbocycles. The van der Waals surface area contributed by atoms with Gasteiger partial charge in [0.1, 0.15) is 0 Å². The van der Waals surface area contributed by atoms with Crippen LogP contribution < -0.4 is 0 Å². The Balaban J connectivity index is 2.90. The van der Waals surface area contributed by atoms with E-state index in [1.165, 1.54) is 89.9 Å². The summed E-state index contributed by atoms with van der Waals surface area (Å²) in [5.74, 6) is 0. The van der Waals surface area contributed by atoms with Gasteiger partial charge in [-0.15, -0.1) is 0 Å². The molecule has 0 heteroatoms. The predicted octanol–water partition coefficient (Wildman–Crippen LogP) is 6.86. The lowest BCUT2D eigenvalue weighted by Crippen LogP contribution is -1.82. The Kier molecular flexibility index (Phi) is 16.5. The maximum Gasteiger partial charge on any atom is -0.0316 e. The summed E-state index contributed by atoms with van der Waals surface area (Å²) in [5.41, 5.74) is 0. The minimum absolute atomic E-state index is 1.22. The van der Waals surface area contributed by atoms with Crippen LogP contribution in [0.5, 0.6) is 0 Å². The molecule has 0 aliphatic heterocycles. The predicted molar refractivity (Wildman–Crippen MR) is 84.8 cm³/mol. The van der Waals surface area contributed by atoms with Crippen LogP contribution in [0.1, 0.15) is 96.8 Å². The first-order valence-corrected chi connectivity index (χ1v) is 8.36. The number of allylic oxidation sites excluding steroid dienone is 2. The fourth-order valence-corrected chi connectivity index (χ4v) is 2.40. The first-order chi connectivity index (χ1) is 8.91. The first kappa shape index (κ1) is 17.7. The molecular weight excluding hydrogens is 216 g/mol. The van der Waals surface area contributed by atoms with Gasteiger partial charge < -0.3 is 0 Å². The molecule has 0 N–H and O–H groups in total. The van der Waals surface area contributed by atoms with Crippen molar-refractivity contribution >= 4 is 0 Å². The maximum atomic E-state index is 3.70. The summed E-state index contributed by atoms with van der Waals surface area (Å²) >= 11 is 0. The van der Waals surface area contributed by atoms with Crippen molar-refractivity contribution < 1.29 is 0 Å². The number of rotatable bonds is 14. The van der Waals surface area contributed by atoms with E-state index in [-0.39, 0.29) is 0 Å². The lowest BCUT2D eigenvalue weighted by molar-refractivity contribution is 0.540. The molecule has 0 fully saturated rings. The van der Waals surface area contributed by atoms with E-state index in [1.54, 1.807) is 0 Å². The number of hydrogen-bond donors (Lipinski definition) is 0. The van der Waals surface area contributed by atoms with Crippen LogP contribution in [0.15, 0.2) is 12.2 Å². The van der Waals surface area contributed by atoms with Crippen LogP contribution in [-0.4, -0.2) is 0 Å². The summed E-state index contributed by atoms with van der Waals surface area (Å²) in [5, 5.41) is 0. The van der Waals surface area contributed by atoms with Gasteiger partial charge in [0.2, 0.25) is 0 Å². The molecule has 0 saturated heterocycles. The molecular formula is C18H35. The minimum Gasteiger partial charge on any atom is -0.0885 e. The molecule has 0 aromatic heterocycles. The van der Waals surface area contributed by atoms with Crippen LogP contribution in [0.25, 0.3) is 0 Å². The molecule has 18 heavy (non-hydrogen) atoms. The minimum atomic E-state index is 1.22. The molecule has 0 aliphatic carbocycles. The molecule has 0 aliphatic rings. The summed E-state index contributed by atoms with van der Waals surface area (Å²) in [6.07, 6.45) is 24.0. The van der Waals surface area contributed by atoms with Crippen LogP contribution in [0.4, 0.5) is 0 Å². The molecule has 0 spiro atoms. The monoisotopic (exact) mass is 251 g/mol. The molecule has 0 heterocycles. The van der Waals surface area contributed by atoms with Crippen LogP contribution in [0.3, 0.4) is 0 Å². The van der Waals surface area contributed by atoms with Crippen molar-refractivity contribution in [1.29, 1.82) is 0 Å². The second-order valence-electron chi connectivity index (χ2n) is 5.50. The van der Waals surface area contributed by atoms with E-state index < -0.39 is 0 Å². The quantitative estimate of drug-likeness (QED) is 0.296. The first-order valence-electron chi connectivity index (χ1n) is 8.36. The average molecular weight is 251 g/mol. The largest absolute Gasteiger partial charge is 0.0885 e. The molecule has 1 radical (unpaired) electrons. The molecule has 0 bridgehead atoms. The molecule has 0 rings (SSSR count). The summed E-state index contributed by atoms with van der Waals surface area (Å²) < 4.78 is 0. The second kappa shape index (κ2) is 16.7. The van der Waals surface area contributed by atoms with E-state index >= 15 is 0 Å². The highest BCUT2D eigenvalue weighted by molar-refractivity contribution is 4.83. The molecule has 0 atom stereocenters. The number of hydrogen-bond acceptors (Lipinski definition) is 0. The Morgan fingerprint density at radius 2 is 1.00 bits per heavy atom. The van der Waals surface area contributed by atoms with Gasteiger partial charge in [-0.2, -0.15) is 0 Å². The lowest BCUT2D eigenvalue weighted by Gasteiger charge is -2.02. The van der Waals surface area contributed by atoms with E-state index in [1.807, 2.05) is 6.08 Å². The van der Waals surface area contributed by atoms with E-state index in [0.717, 1.165) is 0 Å². The average Bonchev–Trinajstić information content (AvgIpc) is 2.39. The Morgan fingerprint density at radius 1 is 0.611 bits per heavy atom. The van der Waals surface area contributed by atoms with Gasteiger partial charge in [0.05, 0.1) is 0 Å². The van der Waals surface area contributed by atoms with Crippen molar-refractivity contribution in [3.8, 4) is 0 Å². The molecule has 0 aromatic rings. The van der Waals surface area contributed by atoms with Crippen molar-refractivity contribution in [2.45, 2.75) is 96.8 Å². The summed E-state index contributed by atoms with van der Waals surface area (Å²) in [6, 6.07) is 0. The van der Waals surface area contributed by atoms with E-state index in [2.05, 4.69) is 19.9 Å². The van der Waals surface area contributed by atoms with Gasteiger partial charge in [0.15, 0.2) is 0 Å². The highest BCUT2D eigenvalue weighted by Gasteiger charge is 1.93. The molecule has 0 amide bonds. The van der Waals surface area contributed by atoms with Gasteiger partial charge in [-0.25, -0.2) is 0 Å². The van der Waals surface area contributed by atoms with Crippen LogP contribution >= 0.6 is 0 Å². The zero-order valence-corrected chi connectivity index (χ0v) is 12.8.